The predicted molar refractivity (Wildman–Crippen MR) is 124 cm³/mol. The quantitative estimate of drug-likeness (QED) is 0.483. The highest BCUT2D eigenvalue weighted by Crippen LogP contribution is 2.23. The number of hydrogen-bond acceptors (Lipinski definition) is 5. The second kappa shape index (κ2) is 10.2. The van der Waals surface area contributed by atoms with Crippen molar-refractivity contribution in [3.05, 3.63) is 69.5 Å². The Morgan fingerprint density at radius 1 is 1.13 bits per heavy atom. The molecule has 3 rings (SSSR count). The SMILES string of the molecule is Cc1cccc(C(=O)N[C@H](C)c2nnc(SCC(=O)Nc3cc(Cl)cc(Cl)c3)n2C)c1. The minimum Gasteiger partial charge on any atom is -0.342 e. The lowest BCUT2D eigenvalue weighted by Crippen LogP contribution is -2.28. The number of nitrogens with one attached hydrogen (secondary N) is 2. The summed E-state index contributed by atoms with van der Waals surface area (Å²) in [7, 11) is 1.79. The topological polar surface area (TPSA) is 88.9 Å². The average Bonchev–Trinajstić information content (AvgIpc) is 3.06. The minimum atomic E-state index is -0.359. The molecule has 0 saturated heterocycles. The van der Waals surface area contributed by atoms with Gasteiger partial charge in [0.15, 0.2) is 11.0 Å². The highest BCUT2D eigenvalue weighted by molar-refractivity contribution is 7.99. The van der Waals surface area contributed by atoms with Gasteiger partial charge in [0, 0.05) is 28.3 Å². The number of aromatic nitrogens is 3. The summed E-state index contributed by atoms with van der Waals surface area (Å²) in [6, 6.07) is 11.8. The zero-order valence-electron chi connectivity index (χ0n) is 17.1. The van der Waals surface area contributed by atoms with Crippen LogP contribution >= 0.6 is 35.0 Å². The zero-order chi connectivity index (χ0) is 22.5. The third-order valence-corrected chi connectivity index (χ3v) is 5.82. The van der Waals surface area contributed by atoms with Crippen LogP contribution in [0.5, 0.6) is 0 Å². The molecule has 7 nitrogen and oxygen atoms in total. The molecule has 2 aromatic carbocycles. The Morgan fingerprint density at radius 2 is 1.84 bits per heavy atom. The molecule has 2 N–H and O–H groups in total. The van der Waals surface area contributed by atoms with Crippen LogP contribution in [0.3, 0.4) is 0 Å². The number of thioether (sulfide) groups is 1. The fraction of sp³-hybridized carbons (Fsp3) is 0.238. The lowest BCUT2D eigenvalue weighted by molar-refractivity contribution is -0.113. The van der Waals surface area contributed by atoms with Crippen LogP contribution in [0.2, 0.25) is 10.0 Å². The van der Waals surface area contributed by atoms with Gasteiger partial charge in [0.05, 0.1) is 11.8 Å². The van der Waals surface area contributed by atoms with E-state index in [1.54, 1.807) is 35.9 Å². The number of amides is 2. The fourth-order valence-electron chi connectivity index (χ4n) is 2.91. The summed E-state index contributed by atoms with van der Waals surface area (Å²) in [4.78, 5) is 24.7. The van der Waals surface area contributed by atoms with E-state index in [4.69, 9.17) is 23.2 Å². The molecule has 0 saturated carbocycles. The monoisotopic (exact) mass is 477 g/mol. The molecule has 31 heavy (non-hydrogen) atoms. The molecular weight excluding hydrogens is 457 g/mol. The Morgan fingerprint density at radius 3 is 2.52 bits per heavy atom. The summed E-state index contributed by atoms with van der Waals surface area (Å²) in [6.45, 7) is 3.77. The first-order chi connectivity index (χ1) is 14.7. The molecule has 0 aliphatic heterocycles. The second-order valence-corrected chi connectivity index (χ2v) is 8.77. The molecule has 0 radical (unpaired) electrons. The maximum atomic E-state index is 12.5. The summed E-state index contributed by atoms with van der Waals surface area (Å²) in [5, 5.41) is 15.4. The molecule has 2 amide bonds. The van der Waals surface area contributed by atoms with E-state index in [0.717, 1.165) is 5.56 Å². The standard InChI is InChI=1S/C21H21Cl2N5O2S/c1-12-5-4-6-14(7-12)20(30)24-13(2)19-26-27-21(28(19)3)31-11-18(29)25-17-9-15(22)8-16(23)10-17/h4-10,13H,11H2,1-3H3,(H,24,30)(H,25,29)/t13-/m1/s1. The van der Waals surface area contributed by atoms with Gasteiger partial charge in [-0.25, -0.2) is 0 Å². The number of carbonyl (C=O) groups is 2. The van der Waals surface area contributed by atoms with Crippen LogP contribution < -0.4 is 10.6 Å². The summed E-state index contributed by atoms with van der Waals surface area (Å²) in [5.74, 6) is 0.298. The third kappa shape index (κ3) is 6.22. The van der Waals surface area contributed by atoms with Gasteiger partial charge < -0.3 is 15.2 Å². The van der Waals surface area contributed by atoms with Gasteiger partial charge in [0.25, 0.3) is 5.91 Å². The van der Waals surface area contributed by atoms with Crippen molar-refractivity contribution < 1.29 is 9.59 Å². The first-order valence-electron chi connectivity index (χ1n) is 9.38. The maximum absolute atomic E-state index is 12.5. The number of rotatable bonds is 7. The molecule has 0 unspecified atom stereocenters. The van der Waals surface area contributed by atoms with Gasteiger partial charge in [-0.05, 0) is 44.2 Å². The van der Waals surface area contributed by atoms with Crippen LogP contribution in [0.4, 0.5) is 5.69 Å². The van der Waals surface area contributed by atoms with E-state index < -0.39 is 0 Å². The molecule has 1 heterocycles. The van der Waals surface area contributed by atoms with Crippen molar-refractivity contribution in [2.45, 2.75) is 25.0 Å². The van der Waals surface area contributed by atoms with Crippen molar-refractivity contribution in [2.75, 3.05) is 11.1 Å². The molecule has 0 fully saturated rings. The van der Waals surface area contributed by atoms with Gasteiger partial charge in [-0.3, -0.25) is 9.59 Å². The van der Waals surface area contributed by atoms with E-state index in [0.29, 0.717) is 32.3 Å². The smallest absolute Gasteiger partial charge is 0.251 e. The number of nitrogens with zero attached hydrogens (tertiary/aromatic N) is 3. The van der Waals surface area contributed by atoms with Crippen LogP contribution in [0, 0.1) is 6.92 Å². The van der Waals surface area contributed by atoms with Crippen LogP contribution in [0.1, 0.15) is 34.7 Å². The van der Waals surface area contributed by atoms with Gasteiger partial charge >= 0.3 is 0 Å². The van der Waals surface area contributed by atoms with Gasteiger partial charge in [-0.1, -0.05) is 52.7 Å². The Kier molecular flexibility index (Phi) is 7.59. The number of hydrogen-bond donors (Lipinski definition) is 2. The van der Waals surface area contributed by atoms with Crippen molar-refractivity contribution in [1.29, 1.82) is 0 Å². The minimum absolute atomic E-state index is 0.125. The van der Waals surface area contributed by atoms with Crippen molar-refractivity contribution in [3.8, 4) is 0 Å². The molecule has 3 aromatic rings. The van der Waals surface area contributed by atoms with Crippen molar-refractivity contribution in [2.24, 2.45) is 7.05 Å². The summed E-state index contributed by atoms with van der Waals surface area (Å²) < 4.78 is 1.76. The number of benzene rings is 2. The molecule has 162 valence electrons. The van der Waals surface area contributed by atoms with E-state index >= 15 is 0 Å². The van der Waals surface area contributed by atoms with Gasteiger partial charge in [-0.2, -0.15) is 0 Å². The predicted octanol–water partition coefficient (Wildman–Crippen LogP) is 4.65. The molecule has 1 aromatic heterocycles. The number of halogens is 2. The first-order valence-corrected chi connectivity index (χ1v) is 11.1. The summed E-state index contributed by atoms with van der Waals surface area (Å²) in [5.41, 5.74) is 2.12. The van der Waals surface area contributed by atoms with Crippen LogP contribution in [-0.2, 0) is 11.8 Å². The van der Waals surface area contributed by atoms with Crippen molar-refractivity contribution in [1.82, 2.24) is 20.1 Å². The number of anilines is 1. The lowest BCUT2D eigenvalue weighted by Gasteiger charge is -2.14. The van der Waals surface area contributed by atoms with Crippen LogP contribution in [0.25, 0.3) is 0 Å². The highest BCUT2D eigenvalue weighted by atomic mass is 35.5. The van der Waals surface area contributed by atoms with E-state index in [1.165, 1.54) is 11.8 Å². The zero-order valence-corrected chi connectivity index (χ0v) is 19.5. The number of aryl methyl sites for hydroxylation is 1. The molecule has 0 aliphatic rings. The molecular formula is C21H21Cl2N5O2S. The van der Waals surface area contributed by atoms with Gasteiger partial charge in [-0.15, -0.1) is 10.2 Å². The van der Waals surface area contributed by atoms with Gasteiger partial charge in [0.1, 0.15) is 0 Å². The van der Waals surface area contributed by atoms with E-state index in [9.17, 15) is 9.59 Å². The fourth-order valence-corrected chi connectivity index (χ4v) is 4.16. The van der Waals surface area contributed by atoms with E-state index in [-0.39, 0.29) is 23.6 Å². The Bertz CT molecular complexity index is 1100. The highest BCUT2D eigenvalue weighted by Gasteiger charge is 2.19. The van der Waals surface area contributed by atoms with Crippen LogP contribution in [-0.4, -0.2) is 32.3 Å². The molecule has 1 atom stereocenters. The Labute approximate surface area is 194 Å². The van der Waals surface area contributed by atoms with Crippen LogP contribution in [0.15, 0.2) is 47.6 Å². The number of carbonyl (C=O) groups excluding carboxylic acids is 2. The van der Waals surface area contributed by atoms with Crippen molar-refractivity contribution in [3.63, 3.8) is 0 Å². The third-order valence-electron chi connectivity index (χ3n) is 4.36. The average molecular weight is 478 g/mol. The van der Waals surface area contributed by atoms with Gasteiger partial charge in [0.2, 0.25) is 5.91 Å². The Hall–Kier alpha value is -2.55. The normalized spacial score (nSPS) is 11.8. The van der Waals surface area contributed by atoms with E-state index in [1.807, 2.05) is 32.0 Å². The van der Waals surface area contributed by atoms with E-state index in [2.05, 4.69) is 20.8 Å². The van der Waals surface area contributed by atoms with Crippen molar-refractivity contribution >= 4 is 52.5 Å². The lowest BCUT2D eigenvalue weighted by atomic mass is 10.1. The second-order valence-electron chi connectivity index (χ2n) is 6.96. The molecule has 0 aliphatic carbocycles. The molecule has 10 heteroatoms. The largest absolute Gasteiger partial charge is 0.342 e. The Balaban J connectivity index is 1.59. The summed E-state index contributed by atoms with van der Waals surface area (Å²) >= 11 is 13.1. The summed E-state index contributed by atoms with van der Waals surface area (Å²) in [6.07, 6.45) is 0. The molecule has 0 bridgehead atoms. The first kappa shape index (κ1) is 23.1. The molecule has 0 spiro atoms. The maximum Gasteiger partial charge on any atom is 0.251 e.